The molecule has 6 atom stereocenters. The van der Waals surface area contributed by atoms with Gasteiger partial charge in [-0.3, -0.25) is 38.4 Å². The van der Waals surface area contributed by atoms with Gasteiger partial charge in [-0.15, -0.1) is 0 Å². The topological polar surface area (TPSA) is 284 Å². The van der Waals surface area contributed by atoms with E-state index in [9.17, 15) is 48.3 Å². The van der Waals surface area contributed by atoms with E-state index < -0.39 is 96.0 Å². The van der Waals surface area contributed by atoms with Crippen molar-refractivity contribution in [3.63, 3.8) is 0 Å². The number of rotatable bonds is 22. The molecule has 324 valence electrons. The van der Waals surface area contributed by atoms with Crippen molar-refractivity contribution in [2.75, 3.05) is 6.54 Å². The van der Waals surface area contributed by atoms with Crippen LogP contribution in [0.3, 0.4) is 0 Å². The van der Waals surface area contributed by atoms with E-state index in [4.69, 9.17) is 5.73 Å². The minimum Gasteiger partial charge on any atom is -0.480 e. The van der Waals surface area contributed by atoms with Crippen LogP contribution in [0.4, 0.5) is 0 Å². The summed E-state index contributed by atoms with van der Waals surface area (Å²) in [5.74, 6) is -7.84. The third kappa shape index (κ3) is 16.4. The first-order chi connectivity index (χ1) is 28.9. The minimum atomic E-state index is -1.34. The lowest BCUT2D eigenvalue weighted by Crippen LogP contribution is -2.55. The number of carbonyl (C=O) groups is 9. The summed E-state index contributed by atoms with van der Waals surface area (Å²) in [6.45, 7) is 5.54. The summed E-state index contributed by atoms with van der Waals surface area (Å²) < 4.78 is 0. The van der Waals surface area contributed by atoms with Gasteiger partial charge >= 0.3 is 5.97 Å². The Bertz CT molecular complexity index is 2050. The maximum absolute atomic E-state index is 13.9. The molecule has 0 saturated carbocycles. The summed E-state index contributed by atoms with van der Waals surface area (Å²) in [5.41, 5.74) is 7.10. The van der Waals surface area contributed by atoms with Gasteiger partial charge in [0.05, 0.1) is 6.54 Å². The zero-order chi connectivity index (χ0) is 45.1. The van der Waals surface area contributed by atoms with Crippen LogP contribution in [0.15, 0.2) is 103 Å². The molecule has 3 rings (SSSR count). The van der Waals surface area contributed by atoms with Crippen LogP contribution in [0.5, 0.6) is 0 Å². The summed E-state index contributed by atoms with van der Waals surface area (Å²) in [4.78, 5) is 115. The first-order valence-electron chi connectivity index (χ1n) is 19.4. The van der Waals surface area contributed by atoms with Gasteiger partial charge in [-0.2, -0.15) is 0 Å². The Balaban J connectivity index is 1.65. The molecule has 3 aromatic rings. The number of aliphatic carboxylic acids is 1. The fraction of sp³-hybridized carbons (Fsp3) is 0.326. The van der Waals surface area contributed by atoms with Crippen molar-refractivity contribution in [1.29, 1.82) is 0 Å². The van der Waals surface area contributed by atoms with Crippen molar-refractivity contribution in [1.82, 2.24) is 37.2 Å². The molecule has 10 N–H and O–H groups in total. The van der Waals surface area contributed by atoms with Crippen molar-refractivity contribution in [2.45, 2.75) is 76.8 Å². The highest BCUT2D eigenvalue weighted by Crippen LogP contribution is 2.15. The van der Waals surface area contributed by atoms with Crippen molar-refractivity contribution in [3.05, 3.63) is 120 Å². The van der Waals surface area contributed by atoms with Gasteiger partial charge < -0.3 is 48.1 Å². The van der Waals surface area contributed by atoms with Gasteiger partial charge in [-0.05, 0) is 36.5 Å². The standard InChI is InChI=1S/C43H52N8O10/c1-25(2)36(38(44)55)50-40(57)27(4)47-42(59)37(30-18-12-7-13-19-30)51-41(58)31(22-28-14-8-5-9-15-28)48-34(53)21-20-33(52)46-26(3)39(56)45-24-35(54)49-32(43(60)61)23-29-16-10-6-11-17-29/h5-21,25-27,31-32,36-37H,22-24H2,1-4H3,(H2,44,55)(H,45,56)(H,46,52)(H,47,59)(H,48,53)(H,49,54)(H,50,57)(H,51,58)(H,60,61)/b21-20+/t26-,27-,31-,32-,36-,37-/m0/s1. The van der Waals surface area contributed by atoms with E-state index >= 15 is 0 Å². The zero-order valence-corrected chi connectivity index (χ0v) is 34.2. The van der Waals surface area contributed by atoms with Crippen LogP contribution < -0.4 is 43.0 Å². The van der Waals surface area contributed by atoms with E-state index in [-0.39, 0.29) is 18.8 Å². The van der Waals surface area contributed by atoms with Crippen LogP contribution in [-0.2, 0) is 56.0 Å². The quantitative estimate of drug-likeness (QED) is 0.0595. The maximum Gasteiger partial charge on any atom is 0.326 e. The molecule has 0 radical (unpaired) electrons. The molecule has 0 fully saturated rings. The highest BCUT2D eigenvalue weighted by atomic mass is 16.4. The largest absolute Gasteiger partial charge is 0.480 e. The number of nitrogens with two attached hydrogens (primary N) is 1. The summed E-state index contributed by atoms with van der Waals surface area (Å²) >= 11 is 0. The number of nitrogens with one attached hydrogen (secondary N) is 7. The number of benzene rings is 3. The van der Waals surface area contributed by atoms with Crippen LogP contribution in [0.1, 0.15) is 50.4 Å². The monoisotopic (exact) mass is 840 g/mol. The molecule has 18 heteroatoms. The molecule has 61 heavy (non-hydrogen) atoms. The number of primary amides is 1. The number of carboxylic acid groups (broad SMARTS) is 1. The van der Waals surface area contributed by atoms with Crippen molar-refractivity contribution in [3.8, 4) is 0 Å². The van der Waals surface area contributed by atoms with Gasteiger partial charge in [0.25, 0.3) is 0 Å². The van der Waals surface area contributed by atoms with Crippen molar-refractivity contribution >= 4 is 53.2 Å². The Hall–Kier alpha value is -7.37. The predicted molar refractivity (Wildman–Crippen MR) is 222 cm³/mol. The Morgan fingerprint density at radius 1 is 0.557 bits per heavy atom. The number of hydrogen-bond acceptors (Lipinski definition) is 9. The van der Waals surface area contributed by atoms with Gasteiger partial charge in [0.2, 0.25) is 47.3 Å². The summed E-state index contributed by atoms with van der Waals surface area (Å²) in [5, 5.41) is 26.8. The summed E-state index contributed by atoms with van der Waals surface area (Å²) in [6.07, 6.45) is 1.66. The highest BCUT2D eigenvalue weighted by molar-refractivity contribution is 6.01. The van der Waals surface area contributed by atoms with Gasteiger partial charge in [0, 0.05) is 25.0 Å². The Labute approximate surface area is 352 Å². The molecular formula is C43H52N8O10. The molecule has 0 aliphatic heterocycles. The van der Waals surface area contributed by atoms with E-state index in [2.05, 4.69) is 37.2 Å². The molecular weight excluding hydrogens is 789 g/mol. The molecule has 8 amide bonds. The third-order valence-electron chi connectivity index (χ3n) is 9.10. The fourth-order valence-corrected chi connectivity index (χ4v) is 5.77. The number of carboxylic acids is 1. The molecule has 0 aliphatic carbocycles. The lowest BCUT2D eigenvalue weighted by molar-refractivity contribution is -0.141. The Morgan fingerprint density at radius 3 is 1.56 bits per heavy atom. The SMILES string of the molecule is CC(C)[C@H](NC(=O)[C@H](C)NC(=O)[C@@H](NC(=O)[C@H](Cc1ccccc1)NC(=O)/C=C/C(=O)N[C@@H](C)C(=O)NCC(=O)N[C@@H](Cc1ccccc1)C(=O)O)c1ccccc1)C(N)=O. The summed E-state index contributed by atoms with van der Waals surface area (Å²) in [7, 11) is 0. The molecule has 0 unspecified atom stereocenters. The fourth-order valence-electron chi connectivity index (χ4n) is 5.77. The molecule has 0 aromatic heterocycles. The van der Waals surface area contributed by atoms with Crippen LogP contribution in [0, 0.1) is 5.92 Å². The van der Waals surface area contributed by atoms with Crippen molar-refractivity contribution < 1.29 is 48.3 Å². The minimum absolute atomic E-state index is 0.0206. The van der Waals surface area contributed by atoms with Crippen molar-refractivity contribution in [2.24, 2.45) is 11.7 Å². The normalized spacial score (nSPS) is 13.9. The number of hydrogen-bond donors (Lipinski definition) is 9. The predicted octanol–water partition coefficient (Wildman–Crippen LogP) is -0.309. The Morgan fingerprint density at radius 2 is 1.05 bits per heavy atom. The van der Waals surface area contributed by atoms with Crippen LogP contribution in [0.25, 0.3) is 0 Å². The average Bonchev–Trinajstić information content (AvgIpc) is 3.23. The number of amides is 8. The second-order valence-electron chi connectivity index (χ2n) is 14.4. The number of carbonyl (C=O) groups excluding carboxylic acids is 8. The van der Waals surface area contributed by atoms with E-state index in [0.29, 0.717) is 16.7 Å². The molecule has 0 heterocycles. The lowest BCUT2D eigenvalue weighted by Gasteiger charge is -2.25. The van der Waals surface area contributed by atoms with Gasteiger partial charge in [0.15, 0.2) is 0 Å². The Kier molecular flexibility index (Phi) is 18.8. The lowest BCUT2D eigenvalue weighted by atomic mass is 10.0. The van der Waals surface area contributed by atoms with Crippen LogP contribution >= 0.6 is 0 Å². The first kappa shape index (κ1) is 48.0. The second-order valence-corrected chi connectivity index (χ2v) is 14.4. The summed E-state index contributed by atoms with van der Waals surface area (Å²) in [6, 6.07) is 18.3. The smallest absolute Gasteiger partial charge is 0.326 e. The van der Waals surface area contributed by atoms with Gasteiger partial charge in [-0.1, -0.05) is 105 Å². The molecule has 0 aliphatic rings. The molecule has 18 nitrogen and oxygen atoms in total. The second kappa shape index (κ2) is 23.9. The molecule has 3 aromatic carbocycles. The molecule has 0 spiro atoms. The first-order valence-corrected chi connectivity index (χ1v) is 19.4. The van der Waals surface area contributed by atoms with E-state index in [0.717, 1.165) is 12.2 Å². The van der Waals surface area contributed by atoms with E-state index in [1.54, 1.807) is 105 Å². The molecule has 0 saturated heterocycles. The average molecular weight is 841 g/mol. The van der Waals surface area contributed by atoms with Crippen LogP contribution in [-0.4, -0.2) is 95.1 Å². The maximum atomic E-state index is 13.9. The zero-order valence-electron chi connectivity index (χ0n) is 34.2. The van der Waals surface area contributed by atoms with Crippen LogP contribution in [0.2, 0.25) is 0 Å². The third-order valence-corrected chi connectivity index (χ3v) is 9.10. The highest BCUT2D eigenvalue weighted by Gasteiger charge is 2.31. The van der Waals surface area contributed by atoms with E-state index in [1.165, 1.54) is 13.8 Å². The molecule has 0 bridgehead atoms. The van der Waals surface area contributed by atoms with Gasteiger partial charge in [-0.25, -0.2) is 4.79 Å². The van der Waals surface area contributed by atoms with Gasteiger partial charge in [0.1, 0.15) is 36.3 Å². The van der Waals surface area contributed by atoms with E-state index in [1.807, 2.05) is 0 Å².